The lowest BCUT2D eigenvalue weighted by Crippen LogP contribution is -2.16. The Bertz CT molecular complexity index is 972. The van der Waals surface area contributed by atoms with Crippen LogP contribution in [0.1, 0.15) is 36.6 Å². The van der Waals surface area contributed by atoms with Crippen molar-refractivity contribution in [2.45, 2.75) is 39.2 Å². The Hall–Kier alpha value is -2.24. The van der Waals surface area contributed by atoms with Crippen LogP contribution in [0.15, 0.2) is 30.6 Å². The van der Waals surface area contributed by atoms with Crippen LogP contribution in [0.3, 0.4) is 0 Å². The number of rotatable bonds is 2. The Balaban J connectivity index is 1.86. The molecule has 1 aliphatic rings. The van der Waals surface area contributed by atoms with E-state index in [-0.39, 0.29) is 0 Å². The van der Waals surface area contributed by atoms with E-state index < -0.39 is 5.60 Å². The summed E-state index contributed by atoms with van der Waals surface area (Å²) in [7, 11) is 0. The summed E-state index contributed by atoms with van der Waals surface area (Å²) >= 11 is 6.60. The van der Waals surface area contributed by atoms with Gasteiger partial charge in [-0.3, -0.25) is 9.55 Å². The zero-order valence-corrected chi connectivity index (χ0v) is 15.2. The van der Waals surface area contributed by atoms with Gasteiger partial charge in [-0.25, -0.2) is 0 Å². The van der Waals surface area contributed by atoms with Crippen molar-refractivity contribution in [3.63, 3.8) is 0 Å². The van der Waals surface area contributed by atoms with Gasteiger partial charge in [-0.15, -0.1) is 10.2 Å². The number of nitrogens with zero attached hydrogens (tertiary/aromatic N) is 4. The van der Waals surface area contributed by atoms with Gasteiger partial charge < -0.3 is 5.11 Å². The van der Waals surface area contributed by atoms with E-state index in [2.05, 4.69) is 25.8 Å². The number of hydrogen-bond acceptors (Lipinski definition) is 4. The summed E-state index contributed by atoms with van der Waals surface area (Å²) in [5, 5.41) is 19.3. The Morgan fingerprint density at radius 3 is 2.68 bits per heavy atom. The normalized spacial score (nSPS) is 13.5. The molecule has 6 heteroatoms. The number of benzene rings is 1. The maximum absolute atomic E-state index is 10.2. The number of halogens is 1. The van der Waals surface area contributed by atoms with Crippen molar-refractivity contribution in [3.8, 4) is 16.8 Å². The van der Waals surface area contributed by atoms with E-state index in [1.165, 1.54) is 5.56 Å². The van der Waals surface area contributed by atoms with E-state index in [4.69, 9.17) is 11.6 Å². The highest BCUT2D eigenvalue weighted by atomic mass is 35.5. The van der Waals surface area contributed by atoms with Crippen molar-refractivity contribution >= 4 is 11.6 Å². The molecule has 0 atom stereocenters. The molecule has 3 aromatic rings. The predicted molar refractivity (Wildman–Crippen MR) is 97.0 cm³/mol. The van der Waals surface area contributed by atoms with Crippen molar-refractivity contribution < 1.29 is 5.11 Å². The van der Waals surface area contributed by atoms with Gasteiger partial charge in [-0.2, -0.15) is 0 Å². The minimum atomic E-state index is -0.946. The molecule has 128 valence electrons. The molecule has 1 N–H and O–H groups in total. The molecule has 3 heterocycles. The summed E-state index contributed by atoms with van der Waals surface area (Å²) in [6, 6.07) is 6.03. The van der Waals surface area contributed by atoms with Gasteiger partial charge in [0.1, 0.15) is 11.6 Å². The highest BCUT2D eigenvalue weighted by Crippen LogP contribution is 2.36. The largest absolute Gasteiger partial charge is 0.386 e. The van der Waals surface area contributed by atoms with Crippen molar-refractivity contribution in [3.05, 3.63) is 58.4 Å². The van der Waals surface area contributed by atoms with Gasteiger partial charge >= 0.3 is 0 Å². The van der Waals surface area contributed by atoms with Crippen LogP contribution < -0.4 is 0 Å². The lowest BCUT2D eigenvalue weighted by atomic mass is 9.94. The fraction of sp³-hybridized carbons (Fsp3) is 0.316. The molecule has 0 saturated carbocycles. The maximum atomic E-state index is 10.2. The molecule has 0 radical (unpaired) electrons. The van der Waals surface area contributed by atoms with Crippen LogP contribution in [0.2, 0.25) is 5.02 Å². The standard InChI is InChI=1S/C19H19ClN4O/c1-11-22-23-18-5-4-12-7-15(16(20)8-17(12)24(11)18)13-6-14(10-21-9-13)19(2,3)25/h6-10,25H,4-5H2,1-3H3. The summed E-state index contributed by atoms with van der Waals surface area (Å²) < 4.78 is 2.07. The van der Waals surface area contributed by atoms with Crippen LogP contribution in [-0.4, -0.2) is 24.9 Å². The third-order valence-corrected chi connectivity index (χ3v) is 4.99. The van der Waals surface area contributed by atoms with E-state index in [9.17, 15) is 5.11 Å². The fourth-order valence-electron chi connectivity index (χ4n) is 3.29. The Morgan fingerprint density at radius 1 is 1.12 bits per heavy atom. The average molecular weight is 355 g/mol. The number of aliphatic hydroxyl groups is 1. The highest BCUT2D eigenvalue weighted by molar-refractivity contribution is 6.33. The van der Waals surface area contributed by atoms with E-state index >= 15 is 0 Å². The van der Waals surface area contributed by atoms with E-state index in [1.54, 1.807) is 26.2 Å². The van der Waals surface area contributed by atoms with Gasteiger partial charge in [-0.1, -0.05) is 11.6 Å². The third-order valence-electron chi connectivity index (χ3n) is 4.67. The minimum Gasteiger partial charge on any atom is -0.386 e. The number of fused-ring (bicyclic) bond motifs is 3. The van der Waals surface area contributed by atoms with Crippen molar-refractivity contribution in [2.24, 2.45) is 0 Å². The second-order valence-corrected chi connectivity index (χ2v) is 7.39. The molecule has 5 nitrogen and oxygen atoms in total. The maximum Gasteiger partial charge on any atom is 0.137 e. The third kappa shape index (κ3) is 2.73. The van der Waals surface area contributed by atoms with Crippen molar-refractivity contribution in [1.82, 2.24) is 19.7 Å². The van der Waals surface area contributed by atoms with Crippen LogP contribution in [-0.2, 0) is 18.4 Å². The number of aromatic nitrogens is 4. The zero-order valence-electron chi connectivity index (χ0n) is 14.4. The SMILES string of the molecule is Cc1nnc2n1-c1cc(Cl)c(-c3cncc(C(C)(C)O)c3)cc1CC2. The first kappa shape index (κ1) is 16.2. The number of pyridine rings is 1. The van der Waals surface area contributed by atoms with E-state index in [0.29, 0.717) is 5.02 Å². The van der Waals surface area contributed by atoms with Gasteiger partial charge in [0.25, 0.3) is 0 Å². The smallest absolute Gasteiger partial charge is 0.137 e. The predicted octanol–water partition coefficient (Wildman–Crippen LogP) is 3.62. The molecule has 0 aliphatic carbocycles. The lowest BCUT2D eigenvalue weighted by Gasteiger charge is -2.21. The Morgan fingerprint density at radius 2 is 1.92 bits per heavy atom. The first-order chi connectivity index (χ1) is 11.8. The quantitative estimate of drug-likeness (QED) is 0.763. The molecule has 0 unspecified atom stereocenters. The van der Waals surface area contributed by atoms with Gasteiger partial charge in [-0.05, 0) is 51.0 Å². The molecular weight excluding hydrogens is 336 g/mol. The van der Waals surface area contributed by atoms with Crippen LogP contribution in [0.5, 0.6) is 0 Å². The molecule has 0 saturated heterocycles. The molecule has 0 spiro atoms. The molecule has 0 amide bonds. The first-order valence-electron chi connectivity index (χ1n) is 8.26. The second kappa shape index (κ2) is 5.64. The lowest BCUT2D eigenvalue weighted by molar-refractivity contribution is 0.0783. The fourth-order valence-corrected chi connectivity index (χ4v) is 3.55. The summed E-state index contributed by atoms with van der Waals surface area (Å²) in [4.78, 5) is 4.28. The van der Waals surface area contributed by atoms with Crippen LogP contribution >= 0.6 is 11.6 Å². The van der Waals surface area contributed by atoms with Gasteiger partial charge in [0.2, 0.25) is 0 Å². The zero-order chi connectivity index (χ0) is 17.8. The summed E-state index contributed by atoms with van der Waals surface area (Å²) in [5.74, 6) is 1.84. The first-order valence-corrected chi connectivity index (χ1v) is 8.64. The monoisotopic (exact) mass is 354 g/mol. The number of aryl methyl sites for hydroxylation is 3. The van der Waals surface area contributed by atoms with Gasteiger partial charge in [0.15, 0.2) is 0 Å². The van der Waals surface area contributed by atoms with E-state index in [1.807, 2.05) is 19.1 Å². The second-order valence-electron chi connectivity index (χ2n) is 6.98. The van der Waals surface area contributed by atoms with Gasteiger partial charge in [0.05, 0.1) is 16.3 Å². The molecule has 1 aromatic carbocycles. The molecule has 0 fully saturated rings. The molecule has 1 aliphatic heterocycles. The average Bonchev–Trinajstić information content (AvgIpc) is 2.95. The van der Waals surface area contributed by atoms with Crippen molar-refractivity contribution in [2.75, 3.05) is 0 Å². The molecule has 4 rings (SSSR count). The molecule has 0 bridgehead atoms. The summed E-state index contributed by atoms with van der Waals surface area (Å²) in [6.07, 6.45) is 5.22. The Kier molecular flexibility index (Phi) is 3.67. The van der Waals surface area contributed by atoms with Crippen LogP contribution in [0.25, 0.3) is 16.8 Å². The van der Waals surface area contributed by atoms with Crippen LogP contribution in [0.4, 0.5) is 0 Å². The summed E-state index contributed by atoms with van der Waals surface area (Å²) in [5.41, 5.74) is 3.90. The minimum absolute atomic E-state index is 0.648. The van der Waals surface area contributed by atoms with Crippen molar-refractivity contribution in [1.29, 1.82) is 0 Å². The van der Waals surface area contributed by atoms with E-state index in [0.717, 1.165) is 46.9 Å². The molecular formula is C19H19ClN4O. The number of hydrogen-bond donors (Lipinski definition) is 1. The van der Waals surface area contributed by atoms with Gasteiger partial charge in [0, 0.05) is 35.5 Å². The molecule has 25 heavy (non-hydrogen) atoms. The van der Waals surface area contributed by atoms with Crippen LogP contribution in [0, 0.1) is 6.92 Å². The topological polar surface area (TPSA) is 63.8 Å². The Labute approximate surface area is 151 Å². The summed E-state index contributed by atoms with van der Waals surface area (Å²) in [6.45, 7) is 5.45. The molecule has 2 aromatic heterocycles. The highest BCUT2D eigenvalue weighted by Gasteiger charge is 2.22.